The maximum absolute atomic E-state index is 11.5. The number of hydrogen-bond acceptors (Lipinski definition) is 3. The summed E-state index contributed by atoms with van der Waals surface area (Å²) in [5, 5.41) is 15.2. The predicted octanol–water partition coefficient (Wildman–Crippen LogP) is 0.266. The third-order valence-electron chi connectivity index (χ3n) is 2.14. The zero-order valence-electron chi connectivity index (χ0n) is 9.32. The summed E-state index contributed by atoms with van der Waals surface area (Å²) in [6.45, 7) is 4.29. The minimum atomic E-state index is -0.244. The molecule has 2 N–H and O–H groups in total. The molecular formula is C10H17N3O2. The van der Waals surface area contributed by atoms with E-state index in [9.17, 15) is 4.79 Å². The van der Waals surface area contributed by atoms with E-state index in [1.54, 1.807) is 10.7 Å². The predicted molar refractivity (Wildman–Crippen MR) is 56.7 cm³/mol. The van der Waals surface area contributed by atoms with Crippen molar-refractivity contribution in [2.75, 3.05) is 13.2 Å². The first-order valence-electron chi connectivity index (χ1n) is 4.99. The molecule has 0 aromatic carbocycles. The van der Waals surface area contributed by atoms with Gasteiger partial charge in [0.1, 0.15) is 5.69 Å². The van der Waals surface area contributed by atoms with Gasteiger partial charge in [-0.25, -0.2) is 0 Å². The van der Waals surface area contributed by atoms with E-state index >= 15 is 0 Å². The Hall–Kier alpha value is -1.36. The molecule has 0 bridgehead atoms. The van der Waals surface area contributed by atoms with Gasteiger partial charge in [0.15, 0.2) is 0 Å². The van der Waals surface area contributed by atoms with E-state index in [1.807, 2.05) is 20.9 Å². The molecule has 1 aromatic heterocycles. The Bertz CT molecular complexity index is 344. The summed E-state index contributed by atoms with van der Waals surface area (Å²) in [6.07, 6.45) is 0. The summed E-state index contributed by atoms with van der Waals surface area (Å²) >= 11 is 0. The number of nitrogens with one attached hydrogen (secondary N) is 1. The van der Waals surface area contributed by atoms with E-state index in [4.69, 9.17) is 5.11 Å². The van der Waals surface area contributed by atoms with Gasteiger partial charge in [0, 0.05) is 19.3 Å². The molecular weight excluding hydrogens is 194 g/mol. The molecule has 1 rings (SSSR count). The molecule has 1 amide bonds. The smallest absolute Gasteiger partial charge is 0.271 e. The van der Waals surface area contributed by atoms with Gasteiger partial charge in [-0.1, -0.05) is 13.8 Å². The molecule has 0 saturated carbocycles. The molecule has 0 spiro atoms. The van der Waals surface area contributed by atoms with Crippen molar-refractivity contribution in [3.8, 4) is 0 Å². The first kappa shape index (κ1) is 11.7. The van der Waals surface area contributed by atoms with Crippen molar-refractivity contribution in [1.29, 1.82) is 0 Å². The number of hydrogen-bond donors (Lipinski definition) is 2. The molecule has 0 radical (unpaired) electrons. The Balaban J connectivity index is 2.78. The van der Waals surface area contributed by atoms with E-state index < -0.39 is 0 Å². The Morgan fingerprint density at radius 3 is 2.80 bits per heavy atom. The standard InChI is InChI=1S/C10H17N3O2/c1-7(2)9-6-8(12-13(9)3)10(15)11-4-5-14/h6-7,14H,4-5H2,1-3H3,(H,11,15). The lowest BCUT2D eigenvalue weighted by atomic mass is 10.1. The molecule has 5 heteroatoms. The minimum Gasteiger partial charge on any atom is -0.395 e. The van der Waals surface area contributed by atoms with E-state index in [2.05, 4.69) is 10.4 Å². The molecule has 1 aromatic rings. The van der Waals surface area contributed by atoms with Gasteiger partial charge in [0.05, 0.1) is 6.61 Å². The van der Waals surface area contributed by atoms with Crippen LogP contribution in [0.15, 0.2) is 6.07 Å². The molecule has 15 heavy (non-hydrogen) atoms. The number of aliphatic hydroxyl groups is 1. The Morgan fingerprint density at radius 1 is 1.67 bits per heavy atom. The minimum absolute atomic E-state index is 0.0599. The van der Waals surface area contributed by atoms with E-state index in [0.29, 0.717) is 11.6 Å². The van der Waals surface area contributed by atoms with E-state index in [0.717, 1.165) is 5.69 Å². The first-order valence-corrected chi connectivity index (χ1v) is 4.99. The molecule has 0 atom stereocenters. The highest BCUT2D eigenvalue weighted by molar-refractivity contribution is 5.92. The molecule has 1 heterocycles. The molecule has 84 valence electrons. The van der Waals surface area contributed by atoms with Crippen molar-refractivity contribution in [2.45, 2.75) is 19.8 Å². The topological polar surface area (TPSA) is 67.2 Å². The number of carbonyl (C=O) groups is 1. The van der Waals surface area contributed by atoms with Crippen LogP contribution in [0, 0.1) is 0 Å². The maximum atomic E-state index is 11.5. The Kier molecular flexibility index (Phi) is 3.85. The van der Waals surface area contributed by atoms with Crippen LogP contribution < -0.4 is 5.32 Å². The lowest BCUT2D eigenvalue weighted by Crippen LogP contribution is -2.26. The van der Waals surface area contributed by atoms with Crippen LogP contribution in [0.1, 0.15) is 35.9 Å². The highest BCUT2D eigenvalue weighted by Gasteiger charge is 2.13. The van der Waals surface area contributed by atoms with Crippen LogP contribution in [-0.4, -0.2) is 33.9 Å². The summed E-state index contributed by atoms with van der Waals surface area (Å²) in [4.78, 5) is 11.5. The van der Waals surface area contributed by atoms with Gasteiger partial charge in [-0.05, 0) is 12.0 Å². The molecule has 0 aliphatic heterocycles. The van der Waals surface area contributed by atoms with Crippen LogP contribution in [0.2, 0.25) is 0 Å². The van der Waals surface area contributed by atoms with Crippen molar-refractivity contribution < 1.29 is 9.90 Å². The molecule has 0 unspecified atom stereocenters. The van der Waals surface area contributed by atoms with E-state index in [1.165, 1.54) is 0 Å². The molecule has 0 fully saturated rings. The van der Waals surface area contributed by atoms with Crippen LogP contribution in [0.25, 0.3) is 0 Å². The van der Waals surface area contributed by atoms with Crippen LogP contribution in [0.5, 0.6) is 0 Å². The lowest BCUT2D eigenvalue weighted by molar-refractivity contribution is 0.0939. The fourth-order valence-corrected chi connectivity index (χ4v) is 1.39. The average molecular weight is 211 g/mol. The number of nitrogens with zero attached hydrogens (tertiary/aromatic N) is 2. The zero-order valence-corrected chi connectivity index (χ0v) is 9.32. The first-order chi connectivity index (χ1) is 7.06. The van der Waals surface area contributed by atoms with Crippen LogP contribution in [0.4, 0.5) is 0 Å². The van der Waals surface area contributed by atoms with Gasteiger partial charge in [-0.2, -0.15) is 5.10 Å². The highest BCUT2D eigenvalue weighted by atomic mass is 16.3. The zero-order chi connectivity index (χ0) is 11.4. The Morgan fingerprint density at radius 2 is 2.33 bits per heavy atom. The van der Waals surface area contributed by atoms with Crippen molar-refractivity contribution in [3.05, 3.63) is 17.5 Å². The van der Waals surface area contributed by atoms with Gasteiger partial charge in [-0.15, -0.1) is 0 Å². The fourth-order valence-electron chi connectivity index (χ4n) is 1.39. The normalized spacial score (nSPS) is 10.7. The lowest BCUT2D eigenvalue weighted by Gasteiger charge is -2.02. The van der Waals surface area contributed by atoms with Crippen LogP contribution in [-0.2, 0) is 7.05 Å². The quantitative estimate of drug-likeness (QED) is 0.751. The number of aryl methyl sites for hydroxylation is 1. The Labute approximate surface area is 89.1 Å². The highest BCUT2D eigenvalue weighted by Crippen LogP contribution is 2.14. The van der Waals surface area contributed by atoms with Crippen molar-refractivity contribution >= 4 is 5.91 Å². The second kappa shape index (κ2) is 4.93. The molecule has 5 nitrogen and oxygen atoms in total. The fraction of sp³-hybridized carbons (Fsp3) is 0.600. The number of aromatic nitrogens is 2. The number of aliphatic hydroxyl groups excluding tert-OH is 1. The summed E-state index contributed by atoms with van der Waals surface area (Å²) in [5.41, 5.74) is 1.42. The number of amides is 1. The third-order valence-corrected chi connectivity index (χ3v) is 2.14. The van der Waals surface area contributed by atoms with Gasteiger partial charge >= 0.3 is 0 Å². The summed E-state index contributed by atoms with van der Waals surface area (Å²) in [6, 6.07) is 1.78. The number of rotatable bonds is 4. The molecule has 0 saturated heterocycles. The second-order valence-corrected chi connectivity index (χ2v) is 3.71. The van der Waals surface area contributed by atoms with Gasteiger partial charge in [-0.3, -0.25) is 9.48 Å². The maximum Gasteiger partial charge on any atom is 0.271 e. The number of carbonyl (C=O) groups excluding carboxylic acids is 1. The summed E-state index contributed by atoms with van der Waals surface area (Å²) in [5.74, 6) is 0.0911. The van der Waals surface area contributed by atoms with E-state index in [-0.39, 0.29) is 19.1 Å². The van der Waals surface area contributed by atoms with Crippen molar-refractivity contribution in [2.24, 2.45) is 7.05 Å². The largest absolute Gasteiger partial charge is 0.395 e. The molecule has 0 aliphatic carbocycles. The molecule has 0 aliphatic rings. The van der Waals surface area contributed by atoms with Crippen LogP contribution in [0.3, 0.4) is 0 Å². The third kappa shape index (κ3) is 2.79. The SMILES string of the molecule is CC(C)c1cc(C(=O)NCCO)nn1C. The van der Waals surface area contributed by atoms with Gasteiger partial charge in [0.25, 0.3) is 5.91 Å². The monoisotopic (exact) mass is 211 g/mol. The average Bonchev–Trinajstić information content (AvgIpc) is 2.56. The van der Waals surface area contributed by atoms with Crippen molar-refractivity contribution in [1.82, 2.24) is 15.1 Å². The summed E-state index contributed by atoms with van der Waals surface area (Å²) in [7, 11) is 1.82. The second-order valence-electron chi connectivity index (χ2n) is 3.71. The van der Waals surface area contributed by atoms with Crippen LogP contribution >= 0.6 is 0 Å². The van der Waals surface area contributed by atoms with Crippen molar-refractivity contribution in [3.63, 3.8) is 0 Å². The van der Waals surface area contributed by atoms with Gasteiger partial charge < -0.3 is 10.4 Å². The summed E-state index contributed by atoms with van der Waals surface area (Å²) < 4.78 is 1.71. The van der Waals surface area contributed by atoms with Gasteiger partial charge in [0.2, 0.25) is 0 Å².